The van der Waals surface area contributed by atoms with Gasteiger partial charge in [0, 0.05) is 11.1 Å². The van der Waals surface area contributed by atoms with Crippen LogP contribution in [0.2, 0.25) is 0 Å². The summed E-state index contributed by atoms with van der Waals surface area (Å²) >= 11 is 0. The number of nitrogens with one attached hydrogen (secondary N) is 1. The van der Waals surface area contributed by atoms with Gasteiger partial charge in [0.25, 0.3) is 0 Å². The number of halogens is 3. The van der Waals surface area contributed by atoms with Crippen molar-refractivity contribution in [3.63, 3.8) is 0 Å². The van der Waals surface area contributed by atoms with E-state index in [4.69, 9.17) is 5.11 Å². The quantitative estimate of drug-likeness (QED) is 0.765. The lowest BCUT2D eigenvalue weighted by Crippen LogP contribution is -2.17. The average Bonchev–Trinajstić information content (AvgIpc) is 3.03. The minimum absolute atomic E-state index is 0.283. The summed E-state index contributed by atoms with van der Waals surface area (Å²) in [6.07, 6.45) is -4.77. The molecule has 0 amide bonds. The smallest absolute Gasteiger partial charge is 0.405 e. The van der Waals surface area contributed by atoms with Crippen LogP contribution < -0.4 is 4.74 Å². The van der Waals surface area contributed by atoms with E-state index >= 15 is 0 Å². The van der Waals surface area contributed by atoms with Crippen molar-refractivity contribution in [1.29, 1.82) is 0 Å². The molecular formula is C16H12F3N3O2. The normalized spacial score (nSPS) is 11.5. The molecule has 2 N–H and O–H groups in total. The zero-order valence-electron chi connectivity index (χ0n) is 12.2. The van der Waals surface area contributed by atoms with Gasteiger partial charge >= 0.3 is 6.36 Å². The van der Waals surface area contributed by atoms with Crippen LogP contribution in [0, 0.1) is 0 Å². The van der Waals surface area contributed by atoms with Crippen LogP contribution in [-0.2, 0) is 6.61 Å². The first kappa shape index (κ1) is 16.0. The van der Waals surface area contributed by atoms with E-state index < -0.39 is 6.36 Å². The van der Waals surface area contributed by atoms with Crippen LogP contribution in [0.1, 0.15) is 5.82 Å². The number of rotatable bonds is 4. The molecule has 0 aliphatic heterocycles. The SMILES string of the molecule is OCc1nc(-c2cccc(-c3ccccc3OC(F)(F)F)c2)n[nH]1. The van der Waals surface area contributed by atoms with E-state index in [0.29, 0.717) is 28.3 Å². The summed E-state index contributed by atoms with van der Waals surface area (Å²) in [6, 6.07) is 12.6. The molecule has 0 spiro atoms. The Labute approximate surface area is 134 Å². The summed E-state index contributed by atoms with van der Waals surface area (Å²) in [7, 11) is 0. The topological polar surface area (TPSA) is 71.0 Å². The number of hydrogen-bond donors (Lipinski definition) is 2. The Kier molecular flexibility index (Phi) is 4.22. The van der Waals surface area contributed by atoms with Crippen LogP contribution in [-0.4, -0.2) is 26.7 Å². The van der Waals surface area contributed by atoms with E-state index in [9.17, 15) is 13.2 Å². The summed E-state index contributed by atoms with van der Waals surface area (Å²) < 4.78 is 41.7. The first-order valence-corrected chi connectivity index (χ1v) is 6.94. The molecule has 8 heteroatoms. The molecule has 0 atom stereocenters. The molecule has 24 heavy (non-hydrogen) atoms. The third-order valence-electron chi connectivity index (χ3n) is 3.23. The monoisotopic (exact) mass is 335 g/mol. The molecule has 0 aliphatic carbocycles. The fraction of sp³-hybridized carbons (Fsp3) is 0.125. The molecule has 0 unspecified atom stereocenters. The Bertz CT molecular complexity index is 846. The van der Waals surface area contributed by atoms with E-state index in [1.165, 1.54) is 18.2 Å². The lowest BCUT2D eigenvalue weighted by Gasteiger charge is -2.13. The Morgan fingerprint density at radius 3 is 2.50 bits per heavy atom. The third kappa shape index (κ3) is 3.54. The fourth-order valence-electron chi connectivity index (χ4n) is 2.24. The Morgan fingerprint density at radius 2 is 1.79 bits per heavy atom. The molecule has 0 saturated heterocycles. The molecule has 2 aromatic carbocycles. The van der Waals surface area contributed by atoms with Crippen molar-refractivity contribution < 1.29 is 23.0 Å². The molecule has 0 saturated carbocycles. The second-order valence-electron chi connectivity index (χ2n) is 4.89. The largest absolute Gasteiger partial charge is 0.573 e. The van der Waals surface area contributed by atoms with Crippen LogP contribution in [0.3, 0.4) is 0 Å². The Balaban J connectivity index is 2.00. The van der Waals surface area contributed by atoms with Crippen molar-refractivity contribution in [2.24, 2.45) is 0 Å². The van der Waals surface area contributed by atoms with Gasteiger partial charge in [-0.05, 0) is 17.7 Å². The first-order valence-electron chi connectivity index (χ1n) is 6.94. The van der Waals surface area contributed by atoms with Crippen molar-refractivity contribution >= 4 is 0 Å². The number of ether oxygens (including phenoxy) is 1. The number of aromatic amines is 1. The number of H-pyrrole nitrogens is 1. The zero-order chi connectivity index (χ0) is 17.2. The van der Waals surface area contributed by atoms with Crippen LogP contribution >= 0.6 is 0 Å². The molecule has 124 valence electrons. The second-order valence-corrected chi connectivity index (χ2v) is 4.89. The molecule has 5 nitrogen and oxygen atoms in total. The standard InChI is InChI=1S/C16H12F3N3O2/c17-16(18,19)24-13-7-2-1-6-12(13)10-4-3-5-11(8-10)15-20-14(9-23)21-22-15/h1-8,23H,9H2,(H,20,21,22). The minimum Gasteiger partial charge on any atom is -0.405 e. The summed E-state index contributed by atoms with van der Waals surface area (Å²) in [6.45, 7) is -0.283. The van der Waals surface area contributed by atoms with Gasteiger partial charge in [-0.25, -0.2) is 4.98 Å². The van der Waals surface area contributed by atoms with Gasteiger partial charge in [-0.2, -0.15) is 5.10 Å². The van der Waals surface area contributed by atoms with Crippen LogP contribution in [0.15, 0.2) is 48.5 Å². The predicted molar refractivity (Wildman–Crippen MR) is 79.9 cm³/mol. The maximum atomic E-state index is 12.6. The predicted octanol–water partition coefficient (Wildman–Crippen LogP) is 3.53. The number of benzene rings is 2. The van der Waals surface area contributed by atoms with Gasteiger partial charge < -0.3 is 9.84 Å². The van der Waals surface area contributed by atoms with Crippen molar-refractivity contribution in [2.75, 3.05) is 0 Å². The van der Waals surface area contributed by atoms with Crippen LogP contribution in [0.5, 0.6) is 5.75 Å². The fourth-order valence-corrected chi connectivity index (χ4v) is 2.24. The van der Waals surface area contributed by atoms with Gasteiger partial charge in [0.15, 0.2) is 11.6 Å². The van der Waals surface area contributed by atoms with Gasteiger partial charge in [-0.15, -0.1) is 13.2 Å². The number of aromatic nitrogens is 3. The average molecular weight is 335 g/mol. The second kappa shape index (κ2) is 6.32. The first-order chi connectivity index (χ1) is 11.5. The molecule has 0 radical (unpaired) electrons. The van der Waals surface area contributed by atoms with Crippen molar-refractivity contribution in [3.05, 3.63) is 54.4 Å². The highest BCUT2D eigenvalue weighted by atomic mass is 19.4. The van der Waals surface area contributed by atoms with Gasteiger partial charge in [0.2, 0.25) is 0 Å². The summed E-state index contributed by atoms with van der Waals surface area (Å²) in [5, 5.41) is 15.6. The number of aliphatic hydroxyl groups excluding tert-OH is 1. The van der Waals surface area contributed by atoms with E-state index in [2.05, 4.69) is 19.9 Å². The highest BCUT2D eigenvalue weighted by Crippen LogP contribution is 2.34. The van der Waals surface area contributed by atoms with Gasteiger partial charge in [-0.3, -0.25) is 5.10 Å². The van der Waals surface area contributed by atoms with Gasteiger partial charge in [-0.1, -0.05) is 36.4 Å². The van der Waals surface area contributed by atoms with Crippen molar-refractivity contribution in [1.82, 2.24) is 15.2 Å². The van der Waals surface area contributed by atoms with E-state index in [-0.39, 0.29) is 12.4 Å². The Morgan fingerprint density at radius 1 is 1.04 bits per heavy atom. The number of para-hydroxylation sites is 1. The number of alkyl halides is 3. The van der Waals surface area contributed by atoms with E-state index in [1.54, 1.807) is 30.3 Å². The summed E-state index contributed by atoms with van der Waals surface area (Å²) in [5.74, 6) is 0.361. The molecule has 3 aromatic rings. The molecule has 1 aromatic heterocycles. The van der Waals surface area contributed by atoms with Gasteiger partial charge in [0.05, 0.1) is 0 Å². The van der Waals surface area contributed by atoms with Crippen LogP contribution in [0.4, 0.5) is 13.2 Å². The van der Waals surface area contributed by atoms with Crippen molar-refractivity contribution in [2.45, 2.75) is 13.0 Å². The van der Waals surface area contributed by atoms with E-state index in [1.807, 2.05) is 0 Å². The minimum atomic E-state index is -4.77. The third-order valence-corrected chi connectivity index (χ3v) is 3.23. The maximum Gasteiger partial charge on any atom is 0.573 e. The van der Waals surface area contributed by atoms with E-state index in [0.717, 1.165) is 0 Å². The zero-order valence-corrected chi connectivity index (χ0v) is 12.2. The molecule has 0 bridgehead atoms. The molecule has 3 rings (SSSR count). The lowest BCUT2D eigenvalue weighted by atomic mass is 10.0. The van der Waals surface area contributed by atoms with Gasteiger partial charge in [0.1, 0.15) is 12.4 Å². The van der Waals surface area contributed by atoms with Crippen molar-refractivity contribution in [3.8, 4) is 28.3 Å². The molecule has 0 aliphatic rings. The summed E-state index contributed by atoms with van der Waals surface area (Å²) in [4.78, 5) is 4.09. The lowest BCUT2D eigenvalue weighted by molar-refractivity contribution is -0.274. The number of aliphatic hydroxyl groups is 1. The number of nitrogens with zero attached hydrogens (tertiary/aromatic N) is 2. The molecular weight excluding hydrogens is 323 g/mol. The molecule has 1 heterocycles. The Hall–Kier alpha value is -2.87. The highest BCUT2D eigenvalue weighted by Gasteiger charge is 2.32. The number of hydrogen-bond acceptors (Lipinski definition) is 4. The highest BCUT2D eigenvalue weighted by molar-refractivity contribution is 5.74. The molecule has 0 fully saturated rings. The maximum absolute atomic E-state index is 12.6. The van der Waals surface area contributed by atoms with Crippen LogP contribution in [0.25, 0.3) is 22.5 Å². The summed E-state index contributed by atoms with van der Waals surface area (Å²) in [5.41, 5.74) is 1.43.